The predicted octanol–water partition coefficient (Wildman–Crippen LogP) is 4.57. The first-order chi connectivity index (χ1) is 12.2. The molecule has 3 nitrogen and oxygen atoms in total. The van der Waals surface area contributed by atoms with Crippen LogP contribution in [0.15, 0.2) is 84.9 Å². The van der Waals surface area contributed by atoms with E-state index in [2.05, 4.69) is 4.90 Å². The number of para-hydroxylation sites is 2. The molecule has 0 aromatic heterocycles. The quantitative estimate of drug-likeness (QED) is 0.687. The van der Waals surface area contributed by atoms with Gasteiger partial charge in [-0.2, -0.15) is 0 Å². The van der Waals surface area contributed by atoms with E-state index in [1.807, 2.05) is 91.9 Å². The molecule has 0 aliphatic rings. The van der Waals surface area contributed by atoms with Crippen molar-refractivity contribution in [3.8, 4) is 5.75 Å². The SMILES string of the molecule is Cc1ccc(OCC(O)CN(c2ccccc2)c2ccccc2)cc1. The Balaban J connectivity index is 1.68. The molecule has 0 aliphatic carbocycles. The van der Waals surface area contributed by atoms with E-state index in [0.29, 0.717) is 6.54 Å². The van der Waals surface area contributed by atoms with E-state index in [9.17, 15) is 5.11 Å². The highest BCUT2D eigenvalue weighted by Gasteiger charge is 2.15. The fourth-order valence-electron chi connectivity index (χ4n) is 2.67. The maximum absolute atomic E-state index is 10.5. The highest BCUT2D eigenvalue weighted by molar-refractivity contribution is 5.63. The van der Waals surface area contributed by atoms with Crippen molar-refractivity contribution in [2.45, 2.75) is 13.0 Å². The van der Waals surface area contributed by atoms with Gasteiger partial charge in [0, 0.05) is 11.4 Å². The monoisotopic (exact) mass is 333 g/mol. The summed E-state index contributed by atoms with van der Waals surface area (Å²) in [6.07, 6.45) is -0.610. The minimum Gasteiger partial charge on any atom is -0.491 e. The number of ether oxygens (including phenoxy) is 1. The van der Waals surface area contributed by atoms with Crippen LogP contribution in [-0.4, -0.2) is 24.4 Å². The highest BCUT2D eigenvalue weighted by Crippen LogP contribution is 2.25. The Morgan fingerprint density at radius 3 is 1.84 bits per heavy atom. The van der Waals surface area contributed by atoms with Crippen LogP contribution in [0.3, 0.4) is 0 Å². The van der Waals surface area contributed by atoms with Crippen LogP contribution >= 0.6 is 0 Å². The van der Waals surface area contributed by atoms with Crippen LogP contribution in [0.25, 0.3) is 0 Å². The third-order valence-electron chi connectivity index (χ3n) is 3.99. The second-order valence-electron chi connectivity index (χ2n) is 6.06. The molecule has 3 heteroatoms. The van der Waals surface area contributed by atoms with E-state index in [-0.39, 0.29) is 6.61 Å². The minimum atomic E-state index is -0.610. The summed E-state index contributed by atoms with van der Waals surface area (Å²) in [5, 5.41) is 10.5. The van der Waals surface area contributed by atoms with Gasteiger partial charge in [-0.3, -0.25) is 0 Å². The van der Waals surface area contributed by atoms with Gasteiger partial charge in [0.25, 0.3) is 0 Å². The molecule has 0 spiro atoms. The maximum atomic E-state index is 10.5. The van der Waals surface area contributed by atoms with Gasteiger partial charge in [-0.15, -0.1) is 0 Å². The second-order valence-corrected chi connectivity index (χ2v) is 6.06. The third kappa shape index (κ3) is 4.85. The lowest BCUT2D eigenvalue weighted by atomic mass is 10.2. The number of aliphatic hydroxyl groups excluding tert-OH is 1. The summed E-state index contributed by atoms with van der Waals surface area (Å²) in [6, 6.07) is 28.0. The smallest absolute Gasteiger partial charge is 0.119 e. The average molecular weight is 333 g/mol. The molecule has 3 rings (SSSR count). The summed E-state index contributed by atoms with van der Waals surface area (Å²) in [7, 11) is 0. The van der Waals surface area contributed by atoms with E-state index in [0.717, 1.165) is 17.1 Å². The Labute approximate surface area is 149 Å². The molecule has 0 bridgehead atoms. The molecule has 128 valence electrons. The van der Waals surface area contributed by atoms with Gasteiger partial charge in [0.2, 0.25) is 0 Å². The zero-order valence-electron chi connectivity index (χ0n) is 14.4. The molecule has 3 aromatic carbocycles. The molecule has 0 radical (unpaired) electrons. The van der Waals surface area contributed by atoms with Crippen LogP contribution in [0.5, 0.6) is 5.75 Å². The first-order valence-electron chi connectivity index (χ1n) is 8.47. The van der Waals surface area contributed by atoms with Crippen molar-refractivity contribution >= 4 is 11.4 Å². The van der Waals surface area contributed by atoms with Gasteiger partial charge in [-0.1, -0.05) is 54.1 Å². The van der Waals surface area contributed by atoms with Gasteiger partial charge in [-0.25, -0.2) is 0 Å². The molecule has 1 N–H and O–H groups in total. The lowest BCUT2D eigenvalue weighted by molar-refractivity contribution is 0.114. The number of nitrogens with zero attached hydrogens (tertiary/aromatic N) is 1. The van der Waals surface area contributed by atoms with Gasteiger partial charge in [0.1, 0.15) is 18.5 Å². The highest BCUT2D eigenvalue weighted by atomic mass is 16.5. The van der Waals surface area contributed by atoms with Crippen molar-refractivity contribution in [1.29, 1.82) is 0 Å². The van der Waals surface area contributed by atoms with E-state index in [1.165, 1.54) is 5.56 Å². The standard InChI is InChI=1S/C22H23NO2/c1-18-12-14-22(15-13-18)25-17-21(24)16-23(19-8-4-2-5-9-19)20-10-6-3-7-11-20/h2-15,21,24H,16-17H2,1H3. The number of aryl methyl sites for hydroxylation is 1. The zero-order chi connectivity index (χ0) is 17.5. The Morgan fingerprint density at radius 1 is 0.800 bits per heavy atom. The summed E-state index contributed by atoms with van der Waals surface area (Å²) in [6.45, 7) is 2.75. The van der Waals surface area contributed by atoms with E-state index in [4.69, 9.17) is 4.74 Å². The maximum Gasteiger partial charge on any atom is 0.119 e. The van der Waals surface area contributed by atoms with Gasteiger partial charge in [0.05, 0.1) is 6.54 Å². The molecule has 25 heavy (non-hydrogen) atoms. The van der Waals surface area contributed by atoms with Gasteiger partial charge in [-0.05, 0) is 43.3 Å². The zero-order valence-corrected chi connectivity index (χ0v) is 14.4. The molecule has 0 heterocycles. The summed E-state index contributed by atoms with van der Waals surface area (Å²) >= 11 is 0. The van der Waals surface area contributed by atoms with Crippen LogP contribution in [0.1, 0.15) is 5.56 Å². The molecular formula is C22H23NO2. The predicted molar refractivity (Wildman–Crippen MR) is 103 cm³/mol. The topological polar surface area (TPSA) is 32.7 Å². The Hall–Kier alpha value is -2.78. The largest absolute Gasteiger partial charge is 0.491 e. The number of anilines is 2. The van der Waals surface area contributed by atoms with Crippen LogP contribution in [0, 0.1) is 6.92 Å². The third-order valence-corrected chi connectivity index (χ3v) is 3.99. The Morgan fingerprint density at radius 2 is 1.32 bits per heavy atom. The van der Waals surface area contributed by atoms with Crippen LogP contribution < -0.4 is 9.64 Å². The molecule has 1 atom stereocenters. The van der Waals surface area contributed by atoms with Gasteiger partial charge < -0.3 is 14.7 Å². The normalized spacial score (nSPS) is 11.8. The first-order valence-corrected chi connectivity index (χ1v) is 8.47. The van der Waals surface area contributed by atoms with Crippen molar-refractivity contribution in [2.75, 3.05) is 18.1 Å². The molecule has 0 saturated heterocycles. The van der Waals surface area contributed by atoms with Gasteiger partial charge >= 0.3 is 0 Å². The molecular weight excluding hydrogens is 310 g/mol. The number of hydrogen-bond donors (Lipinski definition) is 1. The molecule has 0 aliphatic heterocycles. The summed E-state index contributed by atoms with van der Waals surface area (Å²) in [5.41, 5.74) is 3.28. The van der Waals surface area contributed by atoms with Crippen molar-refractivity contribution in [3.05, 3.63) is 90.5 Å². The second kappa shape index (κ2) is 8.36. The van der Waals surface area contributed by atoms with E-state index < -0.39 is 6.10 Å². The van der Waals surface area contributed by atoms with Crippen LogP contribution in [0.4, 0.5) is 11.4 Å². The number of aliphatic hydroxyl groups is 1. The van der Waals surface area contributed by atoms with E-state index >= 15 is 0 Å². The summed E-state index contributed by atoms with van der Waals surface area (Å²) in [4.78, 5) is 2.10. The molecule has 0 amide bonds. The first kappa shape index (κ1) is 17.1. The lowest BCUT2D eigenvalue weighted by Gasteiger charge is -2.27. The molecule has 0 fully saturated rings. The van der Waals surface area contributed by atoms with Gasteiger partial charge in [0.15, 0.2) is 0 Å². The van der Waals surface area contributed by atoms with Crippen LogP contribution in [-0.2, 0) is 0 Å². The summed E-state index contributed by atoms with van der Waals surface area (Å²) < 4.78 is 5.72. The molecule has 0 saturated carbocycles. The summed E-state index contributed by atoms with van der Waals surface area (Å²) in [5.74, 6) is 0.774. The average Bonchev–Trinajstić information content (AvgIpc) is 2.67. The number of rotatable bonds is 7. The van der Waals surface area contributed by atoms with Crippen molar-refractivity contribution in [3.63, 3.8) is 0 Å². The Kier molecular flexibility index (Phi) is 5.70. The fourth-order valence-corrected chi connectivity index (χ4v) is 2.67. The van der Waals surface area contributed by atoms with Crippen molar-refractivity contribution in [2.24, 2.45) is 0 Å². The molecule has 1 unspecified atom stereocenters. The molecule has 3 aromatic rings. The van der Waals surface area contributed by atoms with E-state index in [1.54, 1.807) is 0 Å². The van der Waals surface area contributed by atoms with Crippen LogP contribution in [0.2, 0.25) is 0 Å². The number of hydrogen-bond acceptors (Lipinski definition) is 3. The Bertz CT molecular complexity index is 718. The lowest BCUT2D eigenvalue weighted by Crippen LogP contribution is -2.32. The van der Waals surface area contributed by atoms with Crippen molar-refractivity contribution in [1.82, 2.24) is 0 Å². The van der Waals surface area contributed by atoms with Crippen molar-refractivity contribution < 1.29 is 9.84 Å². The number of benzene rings is 3. The minimum absolute atomic E-state index is 0.249. The fraction of sp³-hybridized carbons (Fsp3) is 0.182.